The van der Waals surface area contributed by atoms with Gasteiger partial charge in [-0.05, 0) is 31.4 Å². The van der Waals surface area contributed by atoms with E-state index in [0.717, 1.165) is 25.7 Å². The number of ether oxygens (including phenoxy) is 3. The first-order valence-electron chi connectivity index (χ1n) is 9.88. The summed E-state index contributed by atoms with van der Waals surface area (Å²) in [7, 11) is 0. The maximum absolute atomic E-state index is 6.24. The summed E-state index contributed by atoms with van der Waals surface area (Å²) in [6.45, 7) is 2.26. The van der Waals surface area contributed by atoms with Gasteiger partial charge < -0.3 is 19.0 Å². The standard InChI is InChI=1S/C21H25Cl6NO4/c22-17-14-16(30-12-6-19(24)25)15-18(23)21(17)31-11-4-2-1-3-9-29-10-5-8-28-32-13-7-20(26)27/h6-8,14-15H,1-5,9-13H2/b28-8+. The third-order valence-corrected chi connectivity index (χ3v) is 4.92. The molecule has 11 heteroatoms. The van der Waals surface area contributed by atoms with E-state index in [4.69, 9.17) is 88.7 Å². The van der Waals surface area contributed by atoms with Gasteiger partial charge in [-0.1, -0.05) is 81.2 Å². The normalized spacial score (nSPS) is 10.8. The Balaban J connectivity index is 2.08. The van der Waals surface area contributed by atoms with E-state index in [2.05, 4.69) is 5.16 Å². The van der Waals surface area contributed by atoms with Crippen molar-refractivity contribution in [2.75, 3.05) is 33.0 Å². The zero-order valence-electron chi connectivity index (χ0n) is 17.3. The molecule has 5 nitrogen and oxygen atoms in total. The van der Waals surface area contributed by atoms with Crippen molar-refractivity contribution in [1.82, 2.24) is 0 Å². The minimum atomic E-state index is 0.132. The molecule has 0 amide bonds. The maximum atomic E-state index is 6.24. The minimum absolute atomic E-state index is 0.132. The molecule has 32 heavy (non-hydrogen) atoms. The number of rotatable bonds is 17. The van der Waals surface area contributed by atoms with Gasteiger partial charge in [-0.2, -0.15) is 0 Å². The van der Waals surface area contributed by atoms with Crippen molar-refractivity contribution >= 4 is 75.8 Å². The van der Waals surface area contributed by atoms with Gasteiger partial charge in [-0.25, -0.2) is 0 Å². The van der Waals surface area contributed by atoms with Crippen LogP contribution in [-0.2, 0) is 9.57 Å². The van der Waals surface area contributed by atoms with Crippen molar-refractivity contribution in [3.63, 3.8) is 0 Å². The van der Waals surface area contributed by atoms with E-state index in [1.54, 1.807) is 18.3 Å². The zero-order chi connectivity index (χ0) is 23.6. The van der Waals surface area contributed by atoms with Crippen molar-refractivity contribution in [2.45, 2.75) is 32.1 Å². The van der Waals surface area contributed by atoms with Crippen LogP contribution in [0.2, 0.25) is 10.0 Å². The van der Waals surface area contributed by atoms with Gasteiger partial charge >= 0.3 is 0 Å². The monoisotopic (exact) mass is 565 g/mol. The summed E-state index contributed by atoms with van der Waals surface area (Å²) in [6, 6.07) is 3.28. The van der Waals surface area contributed by atoms with Gasteiger partial charge in [0.2, 0.25) is 0 Å². The predicted octanol–water partition coefficient (Wildman–Crippen LogP) is 8.36. The van der Waals surface area contributed by atoms with E-state index in [0.29, 0.717) is 47.8 Å². The lowest BCUT2D eigenvalue weighted by Crippen LogP contribution is -2.01. The number of halogens is 6. The van der Waals surface area contributed by atoms with Gasteiger partial charge in [-0.3, -0.25) is 0 Å². The quantitative estimate of drug-likeness (QED) is 0.108. The molecule has 0 aliphatic rings. The van der Waals surface area contributed by atoms with Crippen LogP contribution in [0.15, 0.2) is 38.4 Å². The van der Waals surface area contributed by atoms with Gasteiger partial charge in [0.1, 0.15) is 27.9 Å². The van der Waals surface area contributed by atoms with Gasteiger partial charge in [-0.15, -0.1) is 0 Å². The fourth-order valence-electron chi connectivity index (χ4n) is 2.28. The van der Waals surface area contributed by atoms with Gasteiger partial charge in [0.05, 0.1) is 23.3 Å². The Kier molecular flexibility index (Phi) is 17.4. The van der Waals surface area contributed by atoms with Crippen LogP contribution in [0.5, 0.6) is 11.5 Å². The predicted molar refractivity (Wildman–Crippen MR) is 135 cm³/mol. The first-order valence-corrected chi connectivity index (χ1v) is 12.2. The number of hydrogen-bond acceptors (Lipinski definition) is 5. The summed E-state index contributed by atoms with van der Waals surface area (Å²) in [5.41, 5.74) is 0. The Morgan fingerprint density at radius 3 is 2.06 bits per heavy atom. The summed E-state index contributed by atoms with van der Waals surface area (Å²) < 4.78 is 17.0. The van der Waals surface area contributed by atoms with Crippen LogP contribution in [0.1, 0.15) is 32.1 Å². The molecule has 0 fully saturated rings. The SMILES string of the molecule is ClC(Cl)=CCO/N=C/CCOCCCCCCOc1c(Cl)cc(OCC=C(Cl)Cl)cc1Cl. The summed E-state index contributed by atoms with van der Waals surface area (Å²) in [5, 5.41) is 4.52. The van der Waals surface area contributed by atoms with Gasteiger partial charge in [0.15, 0.2) is 5.75 Å². The Bertz CT molecular complexity index is 727. The molecule has 0 aliphatic heterocycles. The van der Waals surface area contributed by atoms with Crippen LogP contribution < -0.4 is 9.47 Å². The third-order valence-electron chi connectivity index (χ3n) is 3.74. The lowest BCUT2D eigenvalue weighted by Gasteiger charge is -2.12. The Labute approximate surface area is 219 Å². The third kappa shape index (κ3) is 15.3. The van der Waals surface area contributed by atoms with E-state index in [1.165, 1.54) is 12.2 Å². The van der Waals surface area contributed by atoms with Crippen molar-refractivity contribution in [1.29, 1.82) is 0 Å². The lowest BCUT2D eigenvalue weighted by molar-refractivity contribution is 0.134. The van der Waals surface area contributed by atoms with Crippen LogP contribution in [0.4, 0.5) is 0 Å². The molecular weight excluding hydrogens is 543 g/mol. The molecule has 1 rings (SSSR count). The highest BCUT2D eigenvalue weighted by Gasteiger charge is 2.10. The number of nitrogens with zero attached hydrogens (tertiary/aromatic N) is 1. The highest BCUT2D eigenvalue weighted by atomic mass is 35.5. The molecule has 0 spiro atoms. The molecule has 0 unspecified atom stereocenters. The van der Waals surface area contributed by atoms with E-state index in [9.17, 15) is 0 Å². The Morgan fingerprint density at radius 1 is 0.781 bits per heavy atom. The molecule has 0 saturated heterocycles. The fourth-order valence-corrected chi connectivity index (χ4v) is 3.11. The molecule has 0 atom stereocenters. The molecule has 0 aromatic heterocycles. The molecule has 1 aromatic rings. The topological polar surface area (TPSA) is 49.3 Å². The van der Waals surface area contributed by atoms with Crippen molar-refractivity contribution in [3.8, 4) is 11.5 Å². The summed E-state index contributed by atoms with van der Waals surface area (Å²) >= 11 is 34.4. The molecule has 0 N–H and O–H groups in total. The first-order chi connectivity index (χ1) is 15.4. The number of hydrogen-bond donors (Lipinski definition) is 0. The van der Waals surface area contributed by atoms with E-state index in [-0.39, 0.29) is 22.2 Å². The van der Waals surface area contributed by atoms with E-state index >= 15 is 0 Å². The molecule has 0 radical (unpaired) electrons. The second-order valence-corrected chi connectivity index (χ2v) is 9.09. The largest absolute Gasteiger partial charge is 0.490 e. The van der Waals surface area contributed by atoms with Crippen molar-refractivity contribution < 1.29 is 19.0 Å². The second-order valence-electron chi connectivity index (χ2n) is 6.26. The van der Waals surface area contributed by atoms with Gasteiger partial charge in [0, 0.05) is 31.4 Å². The summed E-state index contributed by atoms with van der Waals surface area (Å²) in [4.78, 5) is 4.93. The van der Waals surface area contributed by atoms with E-state index < -0.39 is 0 Å². The first kappa shape index (κ1) is 29.5. The molecular formula is C21H25Cl6NO4. The lowest BCUT2D eigenvalue weighted by atomic mass is 10.2. The van der Waals surface area contributed by atoms with Crippen LogP contribution in [0, 0.1) is 0 Å². The second kappa shape index (κ2) is 18.8. The Hall–Kier alpha value is -0.530. The highest BCUT2D eigenvalue weighted by molar-refractivity contribution is 6.56. The minimum Gasteiger partial charge on any atom is -0.490 e. The maximum Gasteiger partial charge on any atom is 0.156 e. The van der Waals surface area contributed by atoms with Crippen LogP contribution in [0.3, 0.4) is 0 Å². The Morgan fingerprint density at radius 2 is 1.41 bits per heavy atom. The number of unbranched alkanes of at least 4 members (excludes halogenated alkanes) is 3. The summed E-state index contributed by atoms with van der Waals surface area (Å²) in [6.07, 6.45) is 9.26. The van der Waals surface area contributed by atoms with E-state index in [1.807, 2.05) is 0 Å². The fraction of sp³-hybridized carbons (Fsp3) is 0.476. The van der Waals surface area contributed by atoms with Crippen molar-refractivity contribution in [3.05, 3.63) is 43.3 Å². The van der Waals surface area contributed by atoms with Crippen LogP contribution in [0.25, 0.3) is 0 Å². The average molecular weight is 568 g/mol. The highest BCUT2D eigenvalue weighted by Crippen LogP contribution is 2.37. The zero-order valence-corrected chi connectivity index (χ0v) is 21.8. The number of benzene rings is 1. The van der Waals surface area contributed by atoms with Crippen LogP contribution >= 0.6 is 69.6 Å². The molecule has 0 heterocycles. The molecule has 0 saturated carbocycles. The smallest absolute Gasteiger partial charge is 0.156 e. The average Bonchev–Trinajstić information content (AvgIpc) is 2.72. The van der Waals surface area contributed by atoms with Crippen molar-refractivity contribution in [2.24, 2.45) is 5.16 Å². The van der Waals surface area contributed by atoms with Gasteiger partial charge in [0.25, 0.3) is 0 Å². The molecule has 180 valence electrons. The molecule has 0 aliphatic carbocycles. The molecule has 0 bridgehead atoms. The summed E-state index contributed by atoms with van der Waals surface area (Å²) in [5.74, 6) is 0.952. The number of oxime groups is 1. The van der Waals surface area contributed by atoms with Crippen LogP contribution in [-0.4, -0.2) is 39.2 Å². The molecule has 1 aromatic carbocycles.